The summed E-state index contributed by atoms with van der Waals surface area (Å²) in [4.78, 5) is 0. The quantitative estimate of drug-likeness (QED) is 0.644. The van der Waals surface area contributed by atoms with Crippen molar-refractivity contribution in [3.63, 3.8) is 0 Å². The lowest BCUT2D eigenvalue weighted by molar-refractivity contribution is -0.124. The van der Waals surface area contributed by atoms with Gasteiger partial charge in [-0.3, -0.25) is 0 Å². The van der Waals surface area contributed by atoms with Gasteiger partial charge in [0.15, 0.2) is 0 Å². The summed E-state index contributed by atoms with van der Waals surface area (Å²) in [6.45, 7) is -1.31. The first-order valence-electron chi connectivity index (χ1n) is 4.73. The zero-order valence-corrected chi connectivity index (χ0v) is 8.65. The molecular formula is C10H10F5NO. The van der Waals surface area contributed by atoms with E-state index < -0.39 is 24.4 Å². The lowest BCUT2D eigenvalue weighted by Gasteiger charge is -2.09. The average molecular weight is 255 g/mol. The van der Waals surface area contributed by atoms with Crippen LogP contribution in [0, 0.1) is 11.6 Å². The van der Waals surface area contributed by atoms with Gasteiger partial charge in [-0.15, -0.1) is 0 Å². The van der Waals surface area contributed by atoms with E-state index in [0.717, 1.165) is 12.1 Å². The third-order valence-electron chi connectivity index (χ3n) is 1.71. The Bertz CT molecular complexity index is 346. The molecule has 1 aromatic carbocycles. The summed E-state index contributed by atoms with van der Waals surface area (Å²) >= 11 is 0. The van der Waals surface area contributed by atoms with Gasteiger partial charge in [0.05, 0.1) is 6.54 Å². The van der Waals surface area contributed by atoms with Crippen LogP contribution < -0.4 is 10.1 Å². The number of benzene rings is 1. The number of nitrogens with one attached hydrogen (secondary N) is 1. The van der Waals surface area contributed by atoms with Gasteiger partial charge in [0.25, 0.3) is 0 Å². The summed E-state index contributed by atoms with van der Waals surface area (Å²) in [6, 6.07) is 2.58. The van der Waals surface area contributed by atoms with Crippen LogP contribution in [0.15, 0.2) is 18.2 Å². The monoisotopic (exact) mass is 255 g/mol. The zero-order valence-electron chi connectivity index (χ0n) is 8.65. The molecule has 1 N–H and O–H groups in total. The van der Waals surface area contributed by atoms with Gasteiger partial charge in [-0.05, 0) is 0 Å². The molecule has 0 saturated heterocycles. The van der Waals surface area contributed by atoms with Gasteiger partial charge in [-0.2, -0.15) is 13.2 Å². The standard InChI is InChI=1S/C10H10F5NO/c11-7-3-8(12)5-9(4-7)17-2-1-16-6-10(13,14)15/h3-5,16H,1-2,6H2. The van der Waals surface area contributed by atoms with Crippen molar-refractivity contribution in [2.45, 2.75) is 6.18 Å². The minimum Gasteiger partial charge on any atom is -0.492 e. The van der Waals surface area contributed by atoms with E-state index in [9.17, 15) is 22.0 Å². The smallest absolute Gasteiger partial charge is 0.401 e. The van der Waals surface area contributed by atoms with Crippen molar-refractivity contribution in [3.05, 3.63) is 29.8 Å². The van der Waals surface area contributed by atoms with E-state index in [2.05, 4.69) is 5.32 Å². The van der Waals surface area contributed by atoms with E-state index in [-0.39, 0.29) is 18.9 Å². The van der Waals surface area contributed by atoms with Crippen molar-refractivity contribution >= 4 is 0 Å². The molecule has 17 heavy (non-hydrogen) atoms. The molecule has 0 aliphatic carbocycles. The molecular weight excluding hydrogens is 245 g/mol. The molecule has 0 aromatic heterocycles. The van der Waals surface area contributed by atoms with Crippen molar-refractivity contribution < 1.29 is 26.7 Å². The fourth-order valence-corrected chi connectivity index (χ4v) is 1.08. The van der Waals surface area contributed by atoms with Gasteiger partial charge in [-0.25, -0.2) is 8.78 Å². The summed E-state index contributed by atoms with van der Waals surface area (Å²) in [7, 11) is 0. The molecule has 0 radical (unpaired) electrons. The molecule has 0 aliphatic rings. The van der Waals surface area contributed by atoms with E-state index in [1.54, 1.807) is 0 Å². The molecule has 1 rings (SSSR count). The highest BCUT2D eigenvalue weighted by Gasteiger charge is 2.25. The van der Waals surface area contributed by atoms with Crippen molar-refractivity contribution in [2.75, 3.05) is 19.7 Å². The van der Waals surface area contributed by atoms with Crippen LogP contribution in [0.4, 0.5) is 22.0 Å². The second-order valence-corrected chi connectivity index (χ2v) is 3.25. The Morgan fingerprint density at radius 3 is 2.18 bits per heavy atom. The Balaban J connectivity index is 2.27. The van der Waals surface area contributed by atoms with Crippen LogP contribution in [0.5, 0.6) is 5.75 Å². The molecule has 1 aromatic rings. The predicted octanol–water partition coefficient (Wildman–Crippen LogP) is 2.50. The average Bonchev–Trinajstić information content (AvgIpc) is 2.13. The van der Waals surface area contributed by atoms with Crippen LogP contribution in [0.2, 0.25) is 0 Å². The maximum Gasteiger partial charge on any atom is 0.401 e. The number of hydrogen-bond acceptors (Lipinski definition) is 2. The largest absolute Gasteiger partial charge is 0.492 e. The minimum atomic E-state index is -4.29. The van der Waals surface area contributed by atoms with Gasteiger partial charge < -0.3 is 10.1 Å². The fourth-order valence-electron chi connectivity index (χ4n) is 1.08. The molecule has 0 saturated carbocycles. The molecule has 0 aliphatic heterocycles. The Morgan fingerprint density at radius 1 is 1.06 bits per heavy atom. The molecule has 0 heterocycles. The Kier molecular flexibility index (Phi) is 4.68. The Hall–Kier alpha value is -1.37. The number of rotatable bonds is 5. The Labute approximate surface area is 94.4 Å². The SMILES string of the molecule is Fc1cc(F)cc(OCCNCC(F)(F)F)c1. The normalized spacial score (nSPS) is 11.6. The molecule has 0 spiro atoms. The van der Waals surface area contributed by atoms with Crippen LogP contribution in [0.1, 0.15) is 0 Å². The number of hydrogen-bond donors (Lipinski definition) is 1. The molecule has 0 unspecified atom stereocenters. The van der Waals surface area contributed by atoms with Crippen molar-refractivity contribution in [2.24, 2.45) is 0 Å². The highest BCUT2D eigenvalue weighted by atomic mass is 19.4. The lowest BCUT2D eigenvalue weighted by Crippen LogP contribution is -2.31. The lowest BCUT2D eigenvalue weighted by atomic mass is 10.3. The first kappa shape index (κ1) is 13.7. The topological polar surface area (TPSA) is 21.3 Å². The molecule has 0 fully saturated rings. The molecule has 7 heteroatoms. The van der Waals surface area contributed by atoms with E-state index in [0.29, 0.717) is 6.07 Å². The van der Waals surface area contributed by atoms with Gasteiger partial charge in [0.2, 0.25) is 0 Å². The van der Waals surface area contributed by atoms with E-state index >= 15 is 0 Å². The highest BCUT2D eigenvalue weighted by Crippen LogP contribution is 2.15. The summed E-state index contributed by atoms with van der Waals surface area (Å²) < 4.78 is 65.4. The fraction of sp³-hybridized carbons (Fsp3) is 0.400. The number of ether oxygens (including phenoxy) is 1. The number of alkyl halides is 3. The van der Waals surface area contributed by atoms with E-state index in [4.69, 9.17) is 4.74 Å². The third kappa shape index (κ3) is 6.06. The summed E-state index contributed by atoms with van der Waals surface area (Å²) in [5.74, 6) is -1.66. The number of halogens is 5. The van der Waals surface area contributed by atoms with Crippen molar-refractivity contribution in [1.29, 1.82) is 0 Å². The second-order valence-electron chi connectivity index (χ2n) is 3.25. The maximum absolute atomic E-state index is 12.7. The van der Waals surface area contributed by atoms with Crippen LogP contribution in [0.3, 0.4) is 0 Å². The first-order valence-corrected chi connectivity index (χ1v) is 4.73. The van der Waals surface area contributed by atoms with Crippen LogP contribution in [-0.2, 0) is 0 Å². The van der Waals surface area contributed by atoms with Gasteiger partial charge in [-0.1, -0.05) is 0 Å². The molecule has 2 nitrogen and oxygen atoms in total. The summed E-state index contributed by atoms with van der Waals surface area (Å²) in [5.41, 5.74) is 0. The molecule has 0 atom stereocenters. The zero-order chi connectivity index (χ0) is 12.9. The highest BCUT2D eigenvalue weighted by molar-refractivity contribution is 5.23. The molecule has 96 valence electrons. The molecule has 0 bridgehead atoms. The van der Waals surface area contributed by atoms with E-state index in [1.807, 2.05) is 0 Å². The van der Waals surface area contributed by atoms with E-state index in [1.165, 1.54) is 0 Å². The van der Waals surface area contributed by atoms with Crippen LogP contribution in [0.25, 0.3) is 0 Å². The maximum atomic E-state index is 12.7. The van der Waals surface area contributed by atoms with Gasteiger partial charge >= 0.3 is 6.18 Å². The van der Waals surface area contributed by atoms with Gasteiger partial charge in [0, 0.05) is 24.7 Å². The van der Waals surface area contributed by atoms with Gasteiger partial charge in [0.1, 0.15) is 24.0 Å². The minimum absolute atomic E-state index is 0.0590. The summed E-state index contributed by atoms with van der Waals surface area (Å²) in [6.07, 6.45) is -4.29. The van der Waals surface area contributed by atoms with Crippen LogP contribution >= 0.6 is 0 Å². The third-order valence-corrected chi connectivity index (χ3v) is 1.71. The van der Waals surface area contributed by atoms with Crippen LogP contribution in [-0.4, -0.2) is 25.9 Å². The second kappa shape index (κ2) is 5.81. The Morgan fingerprint density at radius 2 is 1.65 bits per heavy atom. The van der Waals surface area contributed by atoms with Crippen molar-refractivity contribution in [3.8, 4) is 5.75 Å². The predicted molar refractivity (Wildman–Crippen MR) is 50.8 cm³/mol. The molecule has 0 amide bonds. The first-order chi connectivity index (χ1) is 7.87. The summed E-state index contributed by atoms with van der Waals surface area (Å²) in [5, 5.41) is 2.09. The van der Waals surface area contributed by atoms with Crippen molar-refractivity contribution in [1.82, 2.24) is 5.32 Å².